The summed E-state index contributed by atoms with van der Waals surface area (Å²) in [7, 11) is 0. The van der Waals surface area contributed by atoms with Gasteiger partial charge in [0.15, 0.2) is 0 Å². The minimum atomic E-state index is 0.928. The van der Waals surface area contributed by atoms with E-state index in [1.807, 2.05) is 0 Å². The summed E-state index contributed by atoms with van der Waals surface area (Å²) in [6.07, 6.45) is 16.1. The molecule has 0 spiro atoms. The fraction of sp³-hybridized carbons (Fsp3) is 1.00. The summed E-state index contributed by atoms with van der Waals surface area (Å²) in [4.78, 5) is 0. The van der Waals surface area contributed by atoms with Crippen molar-refractivity contribution < 1.29 is 0 Å². The molecule has 0 N–H and O–H groups in total. The van der Waals surface area contributed by atoms with Crippen LogP contribution in [0.15, 0.2) is 0 Å². The molecular formula is C21H42. The van der Waals surface area contributed by atoms with E-state index < -0.39 is 0 Å². The van der Waals surface area contributed by atoms with E-state index in [1.54, 1.807) is 0 Å². The number of rotatable bonds is 13. The molecule has 0 amide bonds. The summed E-state index contributed by atoms with van der Waals surface area (Å²) in [6, 6.07) is 0. The SMILES string of the molecule is CCC(C)CC(C)CCCCCCCCCC1C(C)C1C. The molecule has 0 saturated heterocycles. The Bertz CT molecular complexity index is 236. The lowest BCUT2D eigenvalue weighted by atomic mass is 9.91. The van der Waals surface area contributed by atoms with Crippen LogP contribution >= 0.6 is 0 Å². The molecule has 1 aliphatic carbocycles. The zero-order valence-corrected chi connectivity index (χ0v) is 15.7. The van der Waals surface area contributed by atoms with Crippen LogP contribution in [0, 0.1) is 29.6 Å². The Balaban J connectivity index is 1.78. The summed E-state index contributed by atoms with van der Waals surface area (Å²) in [5.41, 5.74) is 0. The molecule has 0 aromatic carbocycles. The molecule has 21 heavy (non-hydrogen) atoms. The molecule has 1 fully saturated rings. The number of hydrogen-bond donors (Lipinski definition) is 0. The maximum atomic E-state index is 2.45. The normalized spacial score (nSPS) is 27.6. The van der Waals surface area contributed by atoms with E-state index in [4.69, 9.17) is 0 Å². The molecule has 0 bridgehead atoms. The molecule has 1 saturated carbocycles. The molecule has 0 nitrogen and oxygen atoms in total. The minimum absolute atomic E-state index is 0.928. The standard InChI is InChI=1S/C21H42/c1-6-17(2)16-18(3)14-12-10-8-7-9-11-13-15-21-19(4)20(21)5/h17-21H,6-16H2,1-5H3. The first-order valence-electron chi connectivity index (χ1n) is 10.1. The van der Waals surface area contributed by atoms with Crippen molar-refractivity contribution in [3.8, 4) is 0 Å². The Morgan fingerprint density at radius 1 is 0.714 bits per heavy atom. The molecule has 0 aromatic rings. The third-order valence-electron chi connectivity index (χ3n) is 6.28. The smallest absolute Gasteiger partial charge is 0.0357 e. The quantitative estimate of drug-likeness (QED) is 0.309. The lowest BCUT2D eigenvalue weighted by Crippen LogP contribution is -2.02. The third kappa shape index (κ3) is 8.27. The summed E-state index contributed by atoms with van der Waals surface area (Å²) < 4.78 is 0. The summed E-state index contributed by atoms with van der Waals surface area (Å²) in [6.45, 7) is 12.0. The van der Waals surface area contributed by atoms with Gasteiger partial charge < -0.3 is 0 Å². The molecule has 0 heteroatoms. The fourth-order valence-electron chi connectivity index (χ4n) is 4.02. The van der Waals surface area contributed by atoms with Crippen LogP contribution in [0.4, 0.5) is 0 Å². The first-order valence-corrected chi connectivity index (χ1v) is 10.1. The second kappa shape index (κ2) is 10.7. The van der Waals surface area contributed by atoms with Gasteiger partial charge in [-0.05, 0) is 42.4 Å². The van der Waals surface area contributed by atoms with E-state index in [-0.39, 0.29) is 0 Å². The van der Waals surface area contributed by atoms with Crippen LogP contribution in [0.25, 0.3) is 0 Å². The Hall–Kier alpha value is 0. The first-order chi connectivity index (χ1) is 10.1. The molecule has 1 rings (SSSR count). The highest BCUT2D eigenvalue weighted by Gasteiger charge is 2.41. The Kier molecular flexibility index (Phi) is 9.69. The van der Waals surface area contributed by atoms with Crippen molar-refractivity contribution in [2.45, 2.75) is 105 Å². The van der Waals surface area contributed by atoms with Gasteiger partial charge in [0.2, 0.25) is 0 Å². The van der Waals surface area contributed by atoms with Gasteiger partial charge in [-0.15, -0.1) is 0 Å². The van der Waals surface area contributed by atoms with E-state index in [1.165, 1.54) is 70.6 Å². The van der Waals surface area contributed by atoms with E-state index in [9.17, 15) is 0 Å². The van der Waals surface area contributed by atoms with Crippen LogP contribution in [-0.2, 0) is 0 Å². The fourth-order valence-corrected chi connectivity index (χ4v) is 4.02. The predicted octanol–water partition coefficient (Wildman–Crippen LogP) is 7.47. The van der Waals surface area contributed by atoms with Crippen molar-refractivity contribution in [1.29, 1.82) is 0 Å². The van der Waals surface area contributed by atoms with Gasteiger partial charge in [-0.25, -0.2) is 0 Å². The Morgan fingerprint density at radius 3 is 1.76 bits per heavy atom. The van der Waals surface area contributed by atoms with E-state index in [0.29, 0.717) is 0 Å². The van der Waals surface area contributed by atoms with Crippen LogP contribution in [0.2, 0.25) is 0 Å². The molecule has 0 heterocycles. The first kappa shape index (κ1) is 19.0. The second-order valence-corrected chi connectivity index (χ2v) is 8.29. The molecular weight excluding hydrogens is 252 g/mol. The Labute approximate surface area is 135 Å². The molecule has 4 atom stereocenters. The van der Waals surface area contributed by atoms with Crippen LogP contribution < -0.4 is 0 Å². The highest BCUT2D eigenvalue weighted by Crippen LogP contribution is 2.48. The Morgan fingerprint density at radius 2 is 1.24 bits per heavy atom. The largest absolute Gasteiger partial charge is 0.0651 e. The zero-order valence-electron chi connectivity index (χ0n) is 15.7. The van der Waals surface area contributed by atoms with Crippen LogP contribution in [0.1, 0.15) is 105 Å². The van der Waals surface area contributed by atoms with Crippen molar-refractivity contribution in [2.75, 3.05) is 0 Å². The number of hydrogen-bond acceptors (Lipinski definition) is 0. The van der Waals surface area contributed by atoms with Gasteiger partial charge in [0, 0.05) is 0 Å². The van der Waals surface area contributed by atoms with Crippen LogP contribution in [-0.4, -0.2) is 0 Å². The highest BCUT2D eigenvalue weighted by molar-refractivity contribution is 4.90. The van der Waals surface area contributed by atoms with Crippen LogP contribution in [0.5, 0.6) is 0 Å². The third-order valence-corrected chi connectivity index (χ3v) is 6.28. The van der Waals surface area contributed by atoms with Gasteiger partial charge in [-0.1, -0.05) is 92.4 Å². The monoisotopic (exact) mass is 294 g/mol. The second-order valence-electron chi connectivity index (χ2n) is 8.29. The summed E-state index contributed by atoms with van der Waals surface area (Å²) in [5, 5.41) is 0. The van der Waals surface area contributed by atoms with Gasteiger partial charge in [0.25, 0.3) is 0 Å². The highest BCUT2D eigenvalue weighted by atomic mass is 14.5. The number of unbranched alkanes of at least 4 members (excludes halogenated alkanes) is 6. The molecule has 4 unspecified atom stereocenters. The van der Waals surface area contributed by atoms with E-state index >= 15 is 0 Å². The van der Waals surface area contributed by atoms with E-state index in [2.05, 4.69) is 34.6 Å². The lowest BCUT2D eigenvalue weighted by Gasteiger charge is -2.15. The van der Waals surface area contributed by atoms with Gasteiger partial charge >= 0.3 is 0 Å². The maximum absolute atomic E-state index is 2.45. The van der Waals surface area contributed by atoms with Crippen molar-refractivity contribution in [2.24, 2.45) is 29.6 Å². The van der Waals surface area contributed by atoms with Gasteiger partial charge in [0.1, 0.15) is 0 Å². The van der Waals surface area contributed by atoms with Crippen LogP contribution in [0.3, 0.4) is 0 Å². The predicted molar refractivity (Wildman–Crippen MR) is 96.6 cm³/mol. The molecule has 0 radical (unpaired) electrons. The minimum Gasteiger partial charge on any atom is -0.0651 e. The molecule has 1 aliphatic rings. The van der Waals surface area contributed by atoms with Gasteiger partial charge in [0.05, 0.1) is 0 Å². The summed E-state index contributed by atoms with van der Waals surface area (Å²) in [5.74, 6) is 5.02. The van der Waals surface area contributed by atoms with Crippen molar-refractivity contribution in [3.05, 3.63) is 0 Å². The average molecular weight is 295 g/mol. The topological polar surface area (TPSA) is 0 Å². The summed E-state index contributed by atoms with van der Waals surface area (Å²) >= 11 is 0. The molecule has 126 valence electrons. The van der Waals surface area contributed by atoms with Gasteiger partial charge in [-0.2, -0.15) is 0 Å². The molecule has 0 aliphatic heterocycles. The van der Waals surface area contributed by atoms with Crippen molar-refractivity contribution in [1.82, 2.24) is 0 Å². The molecule has 0 aromatic heterocycles. The lowest BCUT2D eigenvalue weighted by molar-refractivity contribution is 0.374. The zero-order chi connectivity index (χ0) is 15.7. The van der Waals surface area contributed by atoms with Crippen molar-refractivity contribution in [3.63, 3.8) is 0 Å². The van der Waals surface area contributed by atoms with E-state index in [0.717, 1.165) is 29.6 Å². The maximum Gasteiger partial charge on any atom is -0.0357 e. The van der Waals surface area contributed by atoms with Gasteiger partial charge in [-0.3, -0.25) is 0 Å². The van der Waals surface area contributed by atoms with Crippen molar-refractivity contribution >= 4 is 0 Å². The average Bonchev–Trinajstić information content (AvgIpc) is 3.03.